The van der Waals surface area contributed by atoms with Gasteiger partial charge < -0.3 is 5.11 Å². The van der Waals surface area contributed by atoms with E-state index < -0.39 is 18.2 Å². The lowest BCUT2D eigenvalue weighted by molar-refractivity contribution is -0.137. The first-order valence-electron chi connectivity index (χ1n) is 5.57. The zero-order chi connectivity index (χ0) is 13.8. The fourth-order valence-corrected chi connectivity index (χ4v) is 1.89. The fourth-order valence-electron chi connectivity index (χ4n) is 1.66. The quantitative estimate of drug-likeness (QED) is 0.891. The van der Waals surface area contributed by atoms with Crippen LogP contribution in [0, 0.1) is 0 Å². The number of hydrogen-bond acceptors (Lipinski definition) is 2. The number of aliphatic hydroxyl groups is 1. The maximum atomic E-state index is 12.0. The molecular weight excluding hydrogens is 311 g/mol. The van der Waals surface area contributed by atoms with E-state index in [2.05, 4.69) is 20.9 Å². The molecule has 0 aliphatic carbocycles. The van der Waals surface area contributed by atoms with Crippen molar-refractivity contribution in [3.8, 4) is 0 Å². The molecule has 1 atom stereocenters. The molecule has 0 spiro atoms. The zero-order valence-corrected chi connectivity index (χ0v) is 11.6. The molecule has 102 valence electrons. The maximum Gasteiger partial charge on any atom is 0.389 e. The minimum atomic E-state index is -4.16. The Morgan fingerprint density at radius 2 is 1.94 bits per heavy atom. The average Bonchev–Trinajstić information content (AvgIpc) is 2.18. The first kappa shape index (κ1) is 15.4. The minimum Gasteiger partial charge on any atom is -0.390 e. The van der Waals surface area contributed by atoms with Crippen molar-refractivity contribution in [1.82, 2.24) is 4.98 Å². The van der Waals surface area contributed by atoms with Crippen molar-refractivity contribution in [3.63, 3.8) is 0 Å². The standard InChI is InChI=1S/C12H15BrF3NO/c1-11(18,5-2-6-12(14,15)16)7-10-4-3-9(13)8-17-10/h3-4,8,18H,2,5-7H2,1H3. The van der Waals surface area contributed by atoms with Crippen LogP contribution in [0.25, 0.3) is 0 Å². The van der Waals surface area contributed by atoms with Gasteiger partial charge >= 0.3 is 6.18 Å². The molecule has 1 aromatic rings. The second kappa shape index (κ2) is 6.02. The van der Waals surface area contributed by atoms with Crippen molar-refractivity contribution < 1.29 is 18.3 Å². The Morgan fingerprint density at radius 1 is 1.28 bits per heavy atom. The Hall–Kier alpha value is -0.620. The number of nitrogens with zero attached hydrogens (tertiary/aromatic N) is 1. The number of alkyl halides is 3. The number of hydrogen-bond donors (Lipinski definition) is 1. The van der Waals surface area contributed by atoms with Crippen molar-refractivity contribution in [2.45, 2.75) is 44.4 Å². The second-order valence-corrected chi connectivity index (χ2v) is 5.53. The van der Waals surface area contributed by atoms with E-state index in [0.29, 0.717) is 5.69 Å². The highest BCUT2D eigenvalue weighted by atomic mass is 79.9. The summed E-state index contributed by atoms with van der Waals surface area (Å²) in [5, 5.41) is 10.0. The molecule has 1 heterocycles. The van der Waals surface area contributed by atoms with Crippen molar-refractivity contribution in [2.75, 3.05) is 0 Å². The predicted molar refractivity (Wildman–Crippen MR) is 66.2 cm³/mol. The van der Waals surface area contributed by atoms with Crippen molar-refractivity contribution in [3.05, 3.63) is 28.5 Å². The van der Waals surface area contributed by atoms with Crippen LogP contribution in [0.5, 0.6) is 0 Å². The lowest BCUT2D eigenvalue weighted by Gasteiger charge is -2.23. The minimum absolute atomic E-state index is 0.0764. The first-order chi connectivity index (χ1) is 8.18. The van der Waals surface area contributed by atoms with E-state index in [1.165, 1.54) is 6.92 Å². The maximum absolute atomic E-state index is 12.0. The summed E-state index contributed by atoms with van der Waals surface area (Å²) in [6.45, 7) is 1.53. The summed E-state index contributed by atoms with van der Waals surface area (Å²) in [6, 6.07) is 3.52. The van der Waals surface area contributed by atoms with E-state index >= 15 is 0 Å². The Morgan fingerprint density at radius 3 is 2.44 bits per heavy atom. The molecule has 0 aromatic carbocycles. The lowest BCUT2D eigenvalue weighted by atomic mass is 9.93. The summed E-state index contributed by atoms with van der Waals surface area (Å²) in [7, 11) is 0. The molecule has 1 N–H and O–H groups in total. The molecule has 2 nitrogen and oxygen atoms in total. The van der Waals surface area contributed by atoms with Gasteiger partial charge in [-0.3, -0.25) is 4.98 Å². The van der Waals surface area contributed by atoms with Crippen LogP contribution < -0.4 is 0 Å². The van der Waals surface area contributed by atoms with E-state index in [1.807, 2.05) is 0 Å². The van der Waals surface area contributed by atoms with Gasteiger partial charge in [-0.2, -0.15) is 13.2 Å². The van der Waals surface area contributed by atoms with Crippen LogP contribution in [-0.2, 0) is 6.42 Å². The van der Waals surface area contributed by atoms with Crippen molar-refractivity contribution >= 4 is 15.9 Å². The summed E-state index contributed by atoms with van der Waals surface area (Å²) in [5.41, 5.74) is -0.498. The molecule has 18 heavy (non-hydrogen) atoms. The van der Waals surface area contributed by atoms with Gasteiger partial charge in [-0.25, -0.2) is 0 Å². The molecule has 0 aliphatic rings. The molecule has 1 rings (SSSR count). The summed E-state index contributed by atoms with van der Waals surface area (Å²) in [5.74, 6) is 0. The number of rotatable bonds is 5. The van der Waals surface area contributed by atoms with Crippen LogP contribution in [0.1, 0.15) is 31.9 Å². The van der Waals surface area contributed by atoms with Gasteiger partial charge in [-0.1, -0.05) is 0 Å². The van der Waals surface area contributed by atoms with Crippen LogP contribution in [0.4, 0.5) is 13.2 Å². The zero-order valence-electron chi connectivity index (χ0n) is 9.97. The molecule has 0 radical (unpaired) electrons. The van der Waals surface area contributed by atoms with Gasteiger partial charge in [0.25, 0.3) is 0 Å². The Bertz CT molecular complexity index is 376. The normalized spacial score (nSPS) is 15.4. The molecule has 0 saturated carbocycles. The van der Waals surface area contributed by atoms with Gasteiger partial charge in [0.05, 0.1) is 5.60 Å². The molecule has 1 unspecified atom stereocenters. The topological polar surface area (TPSA) is 33.1 Å². The largest absolute Gasteiger partial charge is 0.390 e. The average molecular weight is 326 g/mol. The third-order valence-electron chi connectivity index (χ3n) is 2.53. The fraction of sp³-hybridized carbons (Fsp3) is 0.583. The van der Waals surface area contributed by atoms with Crippen LogP contribution in [0.2, 0.25) is 0 Å². The van der Waals surface area contributed by atoms with Crippen LogP contribution in [-0.4, -0.2) is 21.9 Å². The monoisotopic (exact) mass is 325 g/mol. The smallest absolute Gasteiger partial charge is 0.389 e. The van der Waals surface area contributed by atoms with Crippen LogP contribution >= 0.6 is 15.9 Å². The summed E-state index contributed by atoms with van der Waals surface area (Å²) in [6.07, 6.45) is -3.15. The van der Waals surface area contributed by atoms with E-state index in [-0.39, 0.29) is 19.3 Å². The Balaban J connectivity index is 2.46. The second-order valence-electron chi connectivity index (χ2n) is 4.61. The molecule has 0 aliphatic heterocycles. The third kappa shape index (κ3) is 6.35. The molecule has 0 saturated heterocycles. The highest BCUT2D eigenvalue weighted by molar-refractivity contribution is 9.10. The predicted octanol–water partition coefficient (Wildman–Crippen LogP) is 3.87. The molecule has 1 aromatic heterocycles. The van der Waals surface area contributed by atoms with Crippen LogP contribution in [0.3, 0.4) is 0 Å². The summed E-state index contributed by atoms with van der Waals surface area (Å²) >= 11 is 3.24. The third-order valence-corrected chi connectivity index (χ3v) is 3.00. The summed E-state index contributed by atoms with van der Waals surface area (Å²) < 4.78 is 36.8. The molecular formula is C12H15BrF3NO. The van der Waals surface area contributed by atoms with Crippen LogP contribution in [0.15, 0.2) is 22.8 Å². The lowest BCUT2D eigenvalue weighted by Crippen LogP contribution is -2.28. The number of pyridine rings is 1. The molecule has 0 amide bonds. The van der Waals surface area contributed by atoms with Gasteiger partial charge in [0.1, 0.15) is 0 Å². The van der Waals surface area contributed by atoms with Gasteiger partial charge in [-0.15, -0.1) is 0 Å². The Labute approximate surface area is 112 Å². The van der Waals surface area contributed by atoms with Gasteiger partial charge in [0, 0.05) is 29.2 Å². The van der Waals surface area contributed by atoms with Gasteiger partial charge in [0.15, 0.2) is 0 Å². The first-order valence-corrected chi connectivity index (χ1v) is 6.37. The van der Waals surface area contributed by atoms with Crippen molar-refractivity contribution in [2.24, 2.45) is 0 Å². The number of halogens is 4. The molecule has 6 heteroatoms. The highest BCUT2D eigenvalue weighted by Gasteiger charge is 2.29. The Kier molecular flexibility index (Phi) is 5.16. The van der Waals surface area contributed by atoms with Crippen molar-refractivity contribution in [1.29, 1.82) is 0 Å². The van der Waals surface area contributed by atoms with E-state index in [4.69, 9.17) is 0 Å². The highest BCUT2D eigenvalue weighted by Crippen LogP contribution is 2.26. The SMILES string of the molecule is CC(O)(CCCC(F)(F)F)Cc1ccc(Br)cn1. The number of aromatic nitrogens is 1. The van der Waals surface area contributed by atoms with Gasteiger partial charge in [-0.05, 0) is 47.8 Å². The van der Waals surface area contributed by atoms with E-state index in [9.17, 15) is 18.3 Å². The van der Waals surface area contributed by atoms with E-state index in [0.717, 1.165) is 4.47 Å². The summed E-state index contributed by atoms with van der Waals surface area (Å²) in [4.78, 5) is 4.09. The van der Waals surface area contributed by atoms with E-state index in [1.54, 1.807) is 18.3 Å². The molecule has 0 fully saturated rings. The molecule has 0 bridgehead atoms. The van der Waals surface area contributed by atoms with Gasteiger partial charge in [0.2, 0.25) is 0 Å².